The van der Waals surface area contributed by atoms with E-state index in [-0.39, 0.29) is 5.54 Å². The van der Waals surface area contributed by atoms with Gasteiger partial charge in [-0.05, 0) is 47.0 Å². The van der Waals surface area contributed by atoms with Crippen molar-refractivity contribution in [2.24, 2.45) is 0 Å². The lowest BCUT2D eigenvalue weighted by atomic mass is 9.78. The van der Waals surface area contributed by atoms with Crippen molar-refractivity contribution in [3.63, 3.8) is 0 Å². The maximum atomic E-state index is 3.61. The van der Waals surface area contributed by atoms with E-state index in [9.17, 15) is 0 Å². The van der Waals surface area contributed by atoms with Crippen LogP contribution in [0.3, 0.4) is 0 Å². The molecule has 0 bridgehead atoms. The highest BCUT2D eigenvalue weighted by Gasteiger charge is 2.30. The van der Waals surface area contributed by atoms with Crippen molar-refractivity contribution in [3.8, 4) is 0 Å². The van der Waals surface area contributed by atoms with Crippen molar-refractivity contribution in [1.29, 1.82) is 0 Å². The molecule has 78 valence electrons. The monoisotopic (exact) mass is 184 g/mol. The predicted molar refractivity (Wildman–Crippen MR) is 58.0 cm³/mol. The van der Waals surface area contributed by atoms with E-state index in [4.69, 9.17) is 0 Å². The maximum absolute atomic E-state index is 3.61. The van der Waals surface area contributed by atoms with E-state index in [2.05, 4.69) is 38.3 Å². The summed E-state index contributed by atoms with van der Waals surface area (Å²) in [6, 6.07) is 0. The summed E-state index contributed by atoms with van der Waals surface area (Å²) in [6.07, 6.45) is 4.10. The Labute approximate surface area is 82.5 Å². The predicted octanol–water partition coefficient (Wildman–Crippen LogP) is 1.91. The van der Waals surface area contributed by atoms with Crippen molar-refractivity contribution in [1.82, 2.24) is 10.6 Å². The van der Waals surface area contributed by atoms with Crippen molar-refractivity contribution >= 4 is 0 Å². The highest BCUT2D eigenvalue weighted by Crippen LogP contribution is 2.30. The van der Waals surface area contributed by atoms with Gasteiger partial charge in [-0.15, -0.1) is 0 Å². The second kappa shape index (κ2) is 3.97. The van der Waals surface area contributed by atoms with Crippen LogP contribution >= 0.6 is 0 Å². The van der Waals surface area contributed by atoms with Gasteiger partial charge < -0.3 is 10.6 Å². The van der Waals surface area contributed by atoms with E-state index in [1.165, 1.54) is 19.3 Å². The van der Waals surface area contributed by atoms with Gasteiger partial charge in [-0.1, -0.05) is 0 Å². The Morgan fingerprint density at radius 3 is 2.15 bits per heavy atom. The summed E-state index contributed by atoms with van der Waals surface area (Å²) < 4.78 is 0. The first kappa shape index (κ1) is 11.0. The van der Waals surface area contributed by atoms with Crippen LogP contribution < -0.4 is 10.6 Å². The number of nitrogens with one attached hydrogen (secondary N) is 2. The van der Waals surface area contributed by atoms with Gasteiger partial charge in [-0.3, -0.25) is 0 Å². The fourth-order valence-electron chi connectivity index (χ4n) is 1.69. The Morgan fingerprint density at radius 1 is 1.15 bits per heavy atom. The van der Waals surface area contributed by atoms with Crippen LogP contribution in [0.5, 0.6) is 0 Å². The second-order valence-electron chi connectivity index (χ2n) is 5.52. The Morgan fingerprint density at radius 2 is 1.77 bits per heavy atom. The largest absolute Gasteiger partial charge is 0.311 e. The third-order valence-electron chi connectivity index (χ3n) is 2.79. The topological polar surface area (TPSA) is 24.1 Å². The molecule has 0 aliphatic heterocycles. The highest BCUT2D eigenvalue weighted by molar-refractivity contribution is 4.91. The Kier molecular flexibility index (Phi) is 3.36. The SMILES string of the molecule is CC(C)(C)NCCNC1(C)CCC1. The van der Waals surface area contributed by atoms with Crippen molar-refractivity contribution < 1.29 is 0 Å². The summed E-state index contributed by atoms with van der Waals surface area (Å²) in [5.74, 6) is 0. The Bertz CT molecular complexity index is 154. The molecule has 1 aliphatic rings. The second-order valence-corrected chi connectivity index (χ2v) is 5.52. The average Bonchev–Trinajstić information content (AvgIpc) is 1.93. The van der Waals surface area contributed by atoms with Crippen LogP contribution in [0.1, 0.15) is 47.0 Å². The third kappa shape index (κ3) is 4.10. The summed E-state index contributed by atoms with van der Waals surface area (Å²) in [5.41, 5.74) is 0.710. The van der Waals surface area contributed by atoms with Crippen molar-refractivity contribution in [2.75, 3.05) is 13.1 Å². The van der Waals surface area contributed by atoms with Gasteiger partial charge in [0.1, 0.15) is 0 Å². The first-order valence-electron chi connectivity index (χ1n) is 5.41. The minimum Gasteiger partial charge on any atom is -0.311 e. The molecule has 0 atom stereocenters. The molecule has 0 radical (unpaired) electrons. The van der Waals surface area contributed by atoms with Crippen molar-refractivity contribution in [3.05, 3.63) is 0 Å². The quantitative estimate of drug-likeness (QED) is 0.652. The first-order chi connectivity index (χ1) is 5.91. The molecule has 0 heterocycles. The standard InChI is InChI=1S/C11H24N2/c1-10(2,3)12-8-9-13-11(4)6-5-7-11/h12-13H,5-9H2,1-4H3. The molecular weight excluding hydrogens is 160 g/mol. The van der Waals surface area contributed by atoms with E-state index < -0.39 is 0 Å². The van der Waals surface area contributed by atoms with Crippen LogP contribution in [0.25, 0.3) is 0 Å². The van der Waals surface area contributed by atoms with Gasteiger partial charge in [0.05, 0.1) is 0 Å². The van der Waals surface area contributed by atoms with E-state index in [0.29, 0.717) is 5.54 Å². The van der Waals surface area contributed by atoms with Gasteiger partial charge in [0.25, 0.3) is 0 Å². The molecule has 0 saturated heterocycles. The zero-order valence-electron chi connectivity index (χ0n) is 9.54. The molecule has 1 saturated carbocycles. The molecule has 13 heavy (non-hydrogen) atoms. The zero-order valence-corrected chi connectivity index (χ0v) is 9.54. The van der Waals surface area contributed by atoms with Gasteiger partial charge in [0, 0.05) is 24.2 Å². The van der Waals surface area contributed by atoms with Crippen LogP contribution in [-0.4, -0.2) is 24.2 Å². The number of hydrogen-bond donors (Lipinski definition) is 2. The summed E-state index contributed by atoms with van der Waals surface area (Å²) in [5, 5.41) is 7.09. The summed E-state index contributed by atoms with van der Waals surface area (Å²) >= 11 is 0. The molecule has 0 aromatic rings. The molecule has 0 amide bonds. The highest BCUT2D eigenvalue weighted by atomic mass is 15.0. The Balaban J connectivity index is 2.01. The fraction of sp³-hybridized carbons (Fsp3) is 1.00. The molecule has 2 nitrogen and oxygen atoms in total. The lowest BCUT2D eigenvalue weighted by Gasteiger charge is -2.39. The molecule has 2 heteroatoms. The van der Waals surface area contributed by atoms with E-state index >= 15 is 0 Å². The molecule has 0 aromatic carbocycles. The molecule has 1 aliphatic carbocycles. The Hall–Kier alpha value is -0.0800. The minimum atomic E-state index is 0.252. The van der Waals surface area contributed by atoms with E-state index in [1.807, 2.05) is 0 Å². The van der Waals surface area contributed by atoms with Crippen LogP contribution in [0.2, 0.25) is 0 Å². The molecule has 1 rings (SSSR count). The van der Waals surface area contributed by atoms with E-state index in [1.54, 1.807) is 0 Å². The third-order valence-corrected chi connectivity index (χ3v) is 2.79. The van der Waals surface area contributed by atoms with E-state index in [0.717, 1.165) is 13.1 Å². The fourth-order valence-corrected chi connectivity index (χ4v) is 1.69. The van der Waals surface area contributed by atoms with Crippen LogP contribution in [0, 0.1) is 0 Å². The van der Waals surface area contributed by atoms with Crippen LogP contribution in [0.4, 0.5) is 0 Å². The minimum absolute atomic E-state index is 0.252. The van der Waals surface area contributed by atoms with Crippen LogP contribution in [-0.2, 0) is 0 Å². The molecule has 0 spiro atoms. The van der Waals surface area contributed by atoms with Gasteiger partial charge in [-0.2, -0.15) is 0 Å². The lowest BCUT2D eigenvalue weighted by molar-refractivity contribution is 0.207. The summed E-state index contributed by atoms with van der Waals surface area (Å²) in [4.78, 5) is 0. The number of hydrogen-bond acceptors (Lipinski definition) is 2. The summed E-state index contributed by atoms with van der Waals surface area (Å²) in [6.45, 7) is 11.1. The zero-order chi connectivity index (χ0) is 9.95. The van der Waals surface area contributed by atoms with Crippen LogP contribution in [0.15, 0.2) is 0 Å². The molecule has 0 unspecified atom stereocenters. The smallest absolute Gasteiger partial charge is 0.0153 e. The number of rotatable bonds is 4. The van der Waals surface area contributed by atoms with Gasteiger partial charge in [0.15, 0.2) is 0 Å². The lowest BCUT2D eigenvalue weighted by Crippen LogP contribution is -2.51. The van der Waals surface area contributed by atoms with Gasteiger partial charge in [0.2, 0.25) is 0 Å². The maximum Gasteiger partial charge on any atom is 0.0153 e. The first-order valence-corrected chi connectivity index (χ1v) is 5.41. The molecule has 0 aromatic heterocycles. The molecular formula is C11H24N2. The van der Waals surface area contributed by atoms with Crippen molar-refractivity contribution in [2.45, 2.75) is 58.0 Å². The van der Waals surface area contributed by atoms with Gasteiger partial charge in [-0.25, -0.2) is 0 Å². The normalized spacial score (nSPS) is 21.2. The van der Waals surface area contributed by atoms with Gasteiger partial charge >= 0.3 is 0 Å². The average molecular weight is 184 g/mol. The molecule has 1 fully saturated rings. The molecule has 2 N–H and O–H groups in total. The summed E-state index contributed by atoms with van der Waals surface area (Å²) in [7, 11) is 0.